The van der Waals surface area contributed by atoms with E-state index in [0.717, 1.165) is 0 Å². The Labute approximate surface area is 59.3 Å². The van der Waals surface area contributed by atoms with Crippen LogP contribution >= 0.6 is 11.6 Å². The van der Waals surface area contributed by atoms with Gasteiger partial charge < -0.3 is 5.11 Å². The van der Waals surface area contributed by atoms with Crippen LogP contribution in [0.15, 0.2) is 9.59 Å². The summed E-state index contributed by atoms with van der Waals surface area (Å²) in [4.78, 5) is 24.6. The number of aromatic amines is 2. The number of aromatic nitrogens is 2. The van der Waals surface area contributed by atoms with Gasteiger partial charge in [0.25, 0.3) is 5.56 Å². The summed E-state index contributed by atoms with van der Waals surface area (Å²) < 4.78 is 0. The fourth-order valence-corrected chi connectivity index (χ4v) is 0.624. The van der Waals surface area contributed by atoms with Gasteiger partial charge in [0, 0.05) is 0 Å². The Balaban J connectivity index is 3.62. The molecule has 0 amide bonds. The zero-order valence-electron chi connectivity index (χ0n) is 4.64. The number of hydrogen-bond donors (Lipinski definition) is 3. The molecule has 0 aromatic carbocycles. The van der Waals surface area contributed by atoms with Gasteiger partial charge in [0.2, 0.25) is 5.75 Å². The van der Waals surface area contributed by atoms with Gasteiger partial charge in [-0.1, -0.05) is 11.6 Å². The van der Waals surface area contributed by atoms with Crippen LogP contribution < -0.4 is 11.2 Å². The van der Waals surface area contributed by atoms with Crippen molar-refractivity contribution in [3.8, 4) is 5.75 Å². The van der Waals surface area contributed by atoms with Crippen LogP contribution in [0.3, 0.4) is 0 Å². The molecule has 5 nitrogen and oxygen atoms in total. The summed E-state index contributed by atoms with van der Waals surface area (Å²) in [5, 5.41) is 8.33. The zero-order chi connectivity index (χ0) is 7.72. The molecule has 0 atom stereocenters. The average molecular weight is 163 g/mol. The molecular weight excluding hydrogens is 160 g/mol. The van der Waals surface area contributed by atoms with E-state index in [1.54, 1.807) is 4.98 Å². The second-order valence-electron chi connectivity index (χ2n) is 1.57. The molecule has 0 aliphatic carbocycles. The van der Waals surface area contributed by atoms with Gasteiger partial charge in [0.05, 0.1) is 0 Å². The number of rotatable bonds is 0. The molecule has 1 heterocycles. The van der Waals surface area contributed by atoms with Crippen molar-refractivity contribution >= 4 is 11.6 Å². The predicted molar refractivity (Wildman–Crippen MR) is 34.4 cm³/mol. The quantitative estimate of drug-likeness (QED) is 0.446. The molecule has 6 heteroatoms. The molecule has 3 N–H and O–H groups in total. The lowest BCUT2D eigenvalue weighted by atomic mass is 10.6. The summed E-state index contributed by atoms with van der Waals surface area (Å²) in [7, 11) is 0. The SMILES string of the molecule is O=c1[nH]c(Cl)c(O)c(=O)[nH]1. The Kier molecular flexibility index (Phi) is 1.50. The lowest BCUT2D eigenvalue weighted by Crippen LogP contribution is -2.21. The number of hydrogen-bond acceptors (Lipinski definition) is 3. The summed E-state index contributed by atoms with van der Waals surface area (Å²) in [6.07, 6.45) is 0. The third-order valence-electron chi connectivity index (χ3n) is 0.873. The maximum atomic E-state index is 10.5. The van der Waals surface area contributed by atoms with Gasteiger partial charge in [-0.15, -0.1) is 0 Å². The maximum Gasteiger partial charge on any atom is 0.327 e. The van der Waals surface area contributed by atoms with Gasteiger partial charge in [-0.2, -0.15) is 0 Å². The van der Waals surface area contributed by atoms with E-state index in [4.69, 9.17) is 16.7 Å². The van der Waals surface area contributed by atoms with Crippen LogP contribution in [-0.2, 0) is 0 Å². The third-order valence-corrected chi connectivity index (χ3v) is 1.15. The number of aromatic hydroxyl groups is 1. The minimum absolute atomic E-state index is 0.353. The first-order valence-corrected chi connectivity index (χ1v) is 2.70. The largest absolute Gasteiger partial charge is 0.501 e. The Hall–Kier alpha value is -1.23. The molecule has 0 bridgehead atoms. The normalized spacial score (nSPS) is 9.70. The smallest absolute Gasteiger partial charge is 0.327 e. The molecule has 1 aromatic rings. The Morgan fingerprint density at radius 3 is 2.40 bits per heavy atom. The van der Waals surface area contributed by atoms with Crippen molar-refractivity contribution in [3.05, 3.63) is 26.0 Å². The molecule has 0 unspecified atom stereocenters. The molecule has 1 rings (SSSR count). The highest BCUT2D eigenvalue weighted by Gasteiger charge is 2.02. The first kappa shape index (κ1) is 6.88. The van der Waals surface area contributed by atoms with Crippen molar-refractivity contribution in [1.29, 1.82) is 0 Å². The predicted octanol–water partition coefficient (Wildman–Crippen LogP) is -0.578. The van der Waals surface area contributed by atoms with Crippen LogP contribution in [0, 0.1) is 0 Å². The van der Waals surface area contributed by atoms with Crippen LogP contribution in [0.5, 0.6) is 5.75 Å². The fraction of sp³-hybridized carbons (Fsp3) is 0. The second kappa shape index (κ2) is 2.18. The molecule has 54 valence electrons. The summed E-state index contributed by atoms with van der Waals surface area (Å²) >= 11 is 5.19. The Morgan fingerprint density at radius 1 is 1.30 bits per heavy atom. The highest BCUT2D eigenvalue weighted by molar-refractivity contribution is 6.30. The van der Waals surface area contributed by atoms with E-state index in [1.165, 1.54) is 0 Å². The van der Waals surface area contributed by atoms with E-state index in [9.17, 15) is 9.59 Å². The summed E-state index contributed by atoms with van der Waals surface area (Å²) in [6.45, 7) is 0. The van der Waals surface area contributed by atoms with E-state index < -0.39 is 17.0 Å². The molecule has 0 fully saturated rings. The maximum absolute atomic E-state index is 10.5. The molecule has 0 aliphatic rings. The number of halogens is 1. The topological polar surface area (TPSA) is 85.9 Å². The van der Waals surface area contributed by atoms with Crippen molar-refractivity contribution in [3.63, 3.8) is 0 Å². The number of H-pyrrole nitrogens is 2. The highest BCUT2D eigenvalue weighted by Crippen LogP contribution is 2.09. The van der Waals surface area contributed by atoms with Crippen molar-refractivity contribution in [1.82, 2.24) is 9.97 Å². The van der Waals surface area contributed by atoms with Crippen LogP contribution in [0.2, 0.25) is 5.15 Å². The molecule has 0 aliphatic heterocycles. The summed E-state index contributed by atoms with van der Waals surface area (Å²) in [5.74, 6) is -0.679. The van der Waals surface area contributed by atoms with E-state index in [0.29, 0.717) is 0 Å². The monoisotopic (exact) mass is 162 g/mol. The van der Waals surface area contributed by atoms with Gasteiger partial charge in [-0.3, -0.25) is 14.8 Å². The Bertz CT molecular complexity index is 352. The van der Waals surface area contributed by atoms with Crippen molar-refractivity contribution in [2.75, 3.05) is 0 Å². The molecule has 10 heavy (non-hydrogen) atoms. The van der Waals surface area contributed by atoms with Crippen molar-refractivity contribution < 1.29 is 5.11 Å². The van der Waals surface area contributed by atoms with Gasteiger partial charge in [-0.25, -0.2) is 4.79 Å². The van der Waals surface area contributed by atoms with Gasteiger partial charge in [0.15, 0.2) is 5.15 Å². The zero-order valence-corrected chi connectivity index (χ0v) is 5.40. The Morgan fingerprint density at radius 2 is 1.90 bits per heavy atom. The summed E-state index contributed by atoms with van der Waals surface area (Å²) in [6, 6.07) is 0. The van der Waals surface area contributed by atoms with Gasteiger partial charge >= 0.3 is 5.69 Å². The van der Waals surface area contributed by atoms with Gasteiger partial charge in [0.1, 0.15) is 0 Å². The molecular formula is C4H3ClN2O3. The van der Waals surface area contributed by atoms with E-state index in [2.05, 4.69) is 0 Å². The molecule has 0 radical (unpaired) electrons. The van der Waals surface area contributed by atoms with Crippen LogP contribution in [0.4, 0.5) is 0 Å². The molecule has 0 spiro atoms. The molecule has 1 aromatic heterocycles. The third kappa shape index (κ3) is 1.03. The highest BCUT2D eigenvalue weighted by atomic mass is 35.5. The average Bonchev–Trinajstić information content (AvgIpc) is 1.82. The van der Waals surface area contributed by atoms with Crippen molar-refractivity contribution in [2.45, 2.75) is 0 Å². The number of nitrogens with one attached hydrogen (secondary N) is 2. The van der Waals surface area contributed by atoms with Crippen LogP contribution in [0.25, 0.3) is 0 Å². The standard InChI is InChI=1S/C4H3ClN2O3/c5-2-1(8)3(9)7-4(10)6-2/h8H,(H2,6,7,9,10). The van der Waals surface area contributed by atoms with Crippen LogP contribution in [-0.4, -0.2) is 15.1 Å². The van der Waals surface area contributed by atoms with Gasteiger partial charge in [-0.05, 0) is 0 Å². The molecule has 0 saturated heterocycles. The lowest BCUT2D eigenvalue weighted by Gasteiger charge is -1.90. The minimum Gasteiger partial charge on any atom is -0.501 e. The minimum atomic E-state index is -0.895. The molecule has 0 saturated carbocycles. The van der Waals surface area contributed by atoms with Crippen molar-refractivity contribution in [2.24, 2.45) is 0 Å². The fourth-order valence-electron chi connectivity index (χ4n) is 0.452. The second-order valence-corrected chi connectivity index (χ2v) is 1.95. The van der Waals surface area contributed by atoms with E-state index in [1.807, 2.05) is 4.98 Å². The van der Waals surface area contributed by atoms with E-state index >= 15 is 0 Å². The van der Waals surface area contributed by atoms with Crippen LogP contribution in [0.1, 0.15) is 0 Å². The lowest BCUT2D eigenvalue weighted by molar-refractivity contribution is 0.462. The van der Waals surface area contributed by atoms with E-state index in [-0.39, 0.29) is 5.15 Å². The first-order valence-electron chi connectivity index (χ1n) is 2.32. The first-order chi connectivity index (χ1) is 4.61. The summed E-state index contributed by atoms with van der Waals surface area (Å²) in [5.41, 5.74) is -1.64.